The molecule has 0 aliphatic rings. The van der Waals surface area contributed by atoms with Crippen molar-refractivity contribution in [3.05, 3.63) is 53.3 Å². The Morgan fingerprint density at radius 3 is 2.48 bits per heavy atom. The van der Waals surface area contributed by atoms with Crippen molar-refractivity contribution < 1.29 is 22.7 Å². The van der Waals surface area contributed by atoms with E-state index in [2.05, 4.69) is 9.71 Å². The molecule has 0 unspecified atom stereocenters. The SMILES string of the molecule is COc1ccc(S(=O)(=O)N[C@@H](C)C(=O)OCc2ccc(Cl)nc2)cc1. The lowest BCUT2D eigenvalue weighted by Crippen LogP contribution is -2.39. The molecular formula is C16H17ClN2O5S. The summed E-state index contributed by atoms with van der Waals surface area (Å²) >= 11 is 5.67. The summed E-state index contributed by atoms with van der Waals surface area (Å²) in [6, 6.07) is 8.00. The Morgan fingerprint density at radius 1 is 1.24 bits per heavy atom. The summed E-state index contributed by atoms with van der Waals surface area (Å²) < 4.78 is 36.9. The Hall–Kier alpha value is -2.16. The van der Waals surface area contributed by atoms with Gasteiger partial charge in [0.25, 0.3) is 0 Å². The molecule has 0 aliphatic heterocycles. The molecule has 2 rings (SSSR count). The average Bonchev–Trinajstić information content (AvgIpc) is 2.60. The number of pyridine rings is 1. The zero-order valence-corrected chi connectivity index (χ0v) is 15.2. The summed E-state index contributed by atoms with van der Waals surface area (Å²) in [5, 5.41) is 0.329. The van der Waals surface area contributed by atoms with Gasteiger partial charge in [0.2, 0.25) is 10.0 Å². The minimum Gasteiger partial charge on any atom is -0.497 e. The number of ether oxygens (including phenoxy) is 2. The number of nitrogens with zero attached hydrogens (tertiary/aromatic N) is 1. The third kappa shape index (κ3) is 5.42. The molecule has 134 valence electrons. The van der Waals surface area contributed by atoms with Gasteiger partial charge in [-0.2, -0.15) is 4.72 Å². The van der Waals surface area contributed by atoms with Crippen molar-refractivity contribution in [3.8, 4) is 5.75 Å². The van der Waals surface area contributed by atoms with Crippen LogP contribution in [0.4, 0.5) is 0 Å². The van der Waals surface area contributed by atoms with E-state index in [1.807, 2.05) is 0 Å². The van der Waals surface area contributed by atoms with Gasteiger partial charge in [-0.3, -0.25) is 4.79 Å². The lowest BCUT2D eigenvalue weighted by Gasteiger charge is -2.14. The highest BCUT2D eigenvalue weighted by molar-refractivity contribution is 7.89. The minimum atomic E-state index is -3.85. The van der Waals surface area contributed by atoms with Crippen molar-refractivity contribution in [3.63, 3.8) is 0 Å². The van der Waals surface area contributed by atoms with Gasteiger partial charge in [-0.25, -0.2) is 13.4 Å². The standard InChI is InChI=1S/C16H17ClN2O5S/c1-11(16(20)24-10-12-3-8-15(17)18-9-12)19-25(21,22)14-6-4-13(23-2)5-7-14/h3-9,11,19H,10H2,1-2H3/t11-/m0/s1. The number of carbonyl (C=O) groups excluding carboxylic acids is 1. The first-order valence-corrected chi connectivity index (χ1v) is 9.11. The van der Waals surface area contributed by atoms with Crippen LogP contribution in [0.2, 0.25) is 5.15 Å². The molecule has 0 saturated carbocycles. The molecule has 9 heteroatoms. The van der Waals surface area contributed by atoms with Crippen molar-refractivity contribution in [2.24, 2.45) is 0 Å². The summed E-state index contributed by atoms with van der Waals surface area (Å²) in [4.78, 5) is 15.9. The number of sulfonamides is 1. The van der Waals surface area contributed by atoms with Crippen LogP contribution < -0.4 is 9.46 Å². The van der Waals surface area contributed by atoms with E-state index >= 15 is 0 Å². The fourth-order valence-corrected chi connectivity index (χ4v) is 3.18. The van der Waals surface area contributed by atoms with Crippen LogP contribution in [0.3, 0.4) is 0 Å². The number of esters is 1. The molecule has 0 fully saturated rings. The quantitative estimate of drug-likeness (QED) is 0.580. The predicted octanol–water partition coefficient (Wildman–Crippen LogP) is 2.15. The molecule has 0 amide bonds. The van der Waals surface area contributed by atoms with Gasteiger partial charge in [-0.05, 0) is 37.3 Å². The van der Waals surface area contributed by atoms with Gasteiger partial charge in [0.1, 0.15) is 23.6 Å². The van der Waals surface area contributed by atoms with E-state index in [1.54, 1.807) is 12.1 Å². The van der Waals surface area contributed by atoms with E-state index < -0.39 is 22.0 Å². The van der Waals surface area contributed by atoms with Crippen LogP contribution in [0.5, 0.6) is 5.75 Å². The maximum absolute atomic E-state index is 12.3. The van der Waals surface area contributed by atoms with Gasteiger partial charge >= 0.3 is 5.97 Å². The fraction of sp³-hybridized carbons (Fsp3) is 0.250. The highest BCUT2D eigenvalue weighted by Gasteiger charge is 2.23. The van der Waals surface area contributed by atoms with Crippen molar-refractivity contribution in [2.75, 3.05) is 7.11 Å². The van der Waals surface area contributed by atoms with Crippen molar-refractivity contribution >= 4 is 27.6 Å². The second-order valence-electron chi connectivity index (χ2n) is 5.12. The van der Waals surface area contributed by atoms with Crippen LogP contribution in [-0.2, 0) is 26.2 Å². The second kappa shape index (κ2) is 8.28. The number of halogens is 1. The molecule has 1 atom stereocenters. The summed E-state index contributed by atoms with van der Waals surface area (Å²) in [6.45, 7) is 1.38. The van der Waals surface area contributed by atoms with Crippen LogP contribution in [0, 0.1) is 0 Å². The summed E-state index contributed by atoms with van der Waals surface area (Å²) in [6.07, 6.45) is 1.47. The molecule has 2 aromatic rings. The van der Waals surface area contributed by atoms with E-state index in [9.17, 15) is 13.2 Å². The van der Waals surface area contributed by atoms with Crippen LogP contribution >= 0.6 is 11.6 Å². The number of aromatic nitrogens is 1. The summed E-state index contributed by atoms with van der Waals surface area (Å²) in [5.41, 5.74) is 0.642. The Bertz CT molecular complexity index is 823. The van der Waals surface area contributed by atoms with E-state index in [-0.39, 0.29) is 11.5 Å². The molecule has 0 aliphatic carbocycles. The van der Waals surface area contributed by atoms with Gasteiger partial charge in [-0.1, -0.05) is 17.7 Å². The second-order valence-corrected chi connectivity index (χ2v) is 7.22. The first kappa shape index (κ1) is 19.2. The molecule has 1 heterocycles. The zero-order chi connectivity index (χ0) is 18.4. The maximum Gasteiger partial charge on any atom is 0.324 e. The number of nitrogens with one attached hydrogen (secondary N) is 1. The number of hydrogen-bond acceptors (Lipinski definition) is 6. The molecule has 0 bridgehead atoms. The molecule has 7 nitrogen and oxygen atoms in total. The van der Waals surface area contributed by atoms with E-state index in [0.29, 0.717) is 16.5 Å². The maximum atomic E-state index is 12.3. The largest absolute Gasteiger partial charge is 0.497 e. The molecule has 25 heavy (non-hydrogen) atoms. The van der Waals surface area contributed by atoms with Crippen molar-refractivity contribution in [2.45, 2.75) is 24.5 Å². The van der Waals surface area contributed by atoms with Crippen LogP contribution in [-0.4, -0.2) is 32.5 Å². The molecule has 1 N–H and O–H groups in total. The Morgan fingerprint density at radius 2 is 1.92 bits per heavy atom. The third-order valence-electron chi connectivity index (χ3n) is 3.22. The third-order valence-corrected chi connectivity index (χ3v) is 5.01. The highest BCUT2D eigenvalue weighted by atomic mass is 35.5. The zero-order valence-electron chi connectivity index (χ0n) is 13.6. The summed E-state index contributed by atoms with van der Waals surface area (Å²) in [7, 11) is -2.37. The lowest BCUT2D eigenvalue weighted by molar-refractivity contribution is -0.146. The average molecular weight is 385 g/mol. The van der Waals surface area contributed by atoms with E-state index in [0.717, 1.165) is 0 Å². The molecular weight excluding hydrogens is 368 g/mol. The van der Waals surface area contributed by atoms with Crippen molar-refractivity contribution in [1.82, 2.24) is 9.71 Å². The van der Waals surface area contributed by atoms with Crippen molar-refractivity contribution in [1.29, 1.82) is 0 Å². The Labute approximate surface area is 151 Å². The molecule has 0 spiro atoms. The lowest BCUT2D eigenvalue weighted by atomic mass is 10.3. The van der Waals surface area contributed by atoms with E-state index in [1.165, 1.54) is 44.5 Å². The van der Waals surface area contributed by atoms with Gasteiger partial charge in [0.15, 0.2) is 0 Å². The molecule has 0 radical (unpaired) electrons. The number of hydrogen-bond donors (Lipinski definition) is 1. The first-order valence-electron chi connectivity index (χ1n) is 7.25. The number of rotatable bonds is 7. The van der Waals surface area contributed by atoms with Crippen LogP contribution in [0.1, 0.15) is 12.5 Å². The van der Waals surface area contributed by atoms with E-state index in [4.69, 9.17) is 21.1 Å². The molecule has 0 saturated heterocycles. The number of methoxy groups -OCH3 is 1. The highest BCUT2D eigenvalue weighted by Crippen LogP contribution is 2.16. The number of benzene rings is 1. The number of carbonyl (C=O) groups is 1. The van der Waals surface area contributed by atoms with Gasteiger partial charge < -0.3 is 9.47 Å². The van der Waals surface area contributed by atoms with Gasteiger partial charge in [-0.15, -0.1) is 0 Å². The monoisotopic (exact) mass is 384 g/mol. The molecule has 1 aromatic heterocycles. The normalized spacial score (nSPS) is 12.4. The Balaban J connectivity index is 1.95. The topological polar surface area (TPSA) is 94.6 Å². The molecule has 1 aromatic carbocycles. The van der Waals surface area contributed by atoms with Crippen LogP contribution in [0.15, 0.2) is 47.5 Å². The smallest absolute Gasteiger partial charge is 0.324 e. The van der Waals surface area contributed by atoms with Gasteiger partial charge in [0.05, 0.1) is 12.0 Å². The predicted molar refractivity (Wildman–Crippen MR) is 91.8 cm³/mol. The first-order chi connectivity index (χ1) is 11.8. The Kier molecular flexibility index (Phi) is 6.35. The van der Waals surface area contributed by atoms with Crippen LogP contribution in [0.25, 0.3) is 0 Å². The van der Waals surface area contributed by atoms with Gasteiger partial charge in [0, 0.05) is 11.8 Å². The summed E-state index contributed by atoms with van der Waals surface area (Å²) in [5.74, 6) is -0.171. The fourth-order valence-electron chi connectivity index (χ4n) is 1.88. The minimum absolute atomic E-state index is 0.0230.